The summed E-state index contributed by atoms with van der Waals surface area (Å²) < 4.78 is 1.95. The van der Waals surface area contributed by atoms with E-state index in [1.807, 2.05) is 64.8 Å². The molecule has 2 aromatic rings. The van der Waals surface area contributed by atoms with Gasteiger partial charge in [0.05, 0.1) is 0 Å². The van der Waals surface area contributed by atoms with E-state index in [4.69, 9.17) is 0 Å². The van der Waals surface area contributed by atoms with E-state index in [1.165, 1.54) is 0 Å². The molecule has 1 aromatic heterocycles. The first-order valence-electron chi connectivity index (χ1n) is 7.41. The highest BCUT2D eigenvalue weighted by atomic mass is 32.2. The SMILES string of the molecule is Cn1ccnc1C(NC(=O)N1CCSCC1)c1ccccc1. The summed E-state index contributed by atoms with van der Waals surface area (Å²) in [6.07, 6.45) is 3.66. The molecule has 116 valence electrons. The number of thioether (sulfide) groups is 1. The van der Waals surface area contributed by atoms with E-state index in [0.717, 1.165) is 36.0 Å². The molecule has 0 radical (unpaired) electrons. The van der Waals surface area contributed by atoms with Crippen LogP contribution in [-0.2, 0) is 7.05 Å². The van der Waals surface area contributed by atoms with E-state index in [9.17, 15) is 4.79 Å². The molecule has 22 heavy (non-hydrogen) atoms. The van der Waals surface area contributed by atoms with Crippen LogP contribution in [0.5, 0.6) is 0 Å². The maximum absolute atomic E-state index is 12.6. The van der Waals surface area contributed by atoms with Gasteiger partial charge in [-0.1, -0.05) is 30.3 Å². The second-order valence-electron chi connectivity index (χ2n) is 5.29. The molecule has 3 rings (SSSR count). The molecular formula is C16H20N4OS. The minimum Gasteiger partial charge on any atom is -0.336 e. The fourth-order valence-corrected chi connectivity index (χ4v) is 3.48. The molecule has 2 amide bonds. The van der Waals surface area contributed by atoms with Gasteiger partial charge in [-0.3, -0.25) is 0 Å². The van der Waals surface area contributed by atoms with Crippen LogP contribution in [-0.4, -0.2) is 45.1 Å². The van der Waals surface area contributed by atoms with Gasteiger partial charge in [-0.05, 0) is 5.56 Å². The number of rotatable bonds is 3. The van der Waals surface area contributed by atoms with Crippen LogP contribution in [0.4, 0.5) is 4.79 Å². The fraction of sp³-hybridized carbons (Fsp3) is 0.375. The number of hydrogen-bond donors (Lipinski definition) is 1. The van der Waals surface area contributed by atoms with Gasteiger partial charge in [0.15, 0.2) is 0 Å². The second-order valence-corrected chi connectivity index (χ2v) is 6.51. The molecule has 1 aliphatic rings. The van der Waals surface area contributed by atoms with E-state index < -0.39 is 0 Å². The van der Waals surface area contributed by atoms with Gasteiger partial charge in [0.25, 0.3) is 0 Å². The number of aromatic nitrogens is 2. The Morgan fingerprint density at radius 1 is 1.27 bits per heavy atom. The fourth-order valence-electron chi connectivity index (χ4n) is 2.58. The molecule has 1 aliphatic heterocycles. The summed E-state index contributed by atoms with van der Waals surface area (Å²) in [7, 11) is 1.95. The van der Waals surface area contributed by atoms with Gasteiger partial charge in [0.1, 0.15) is 11.9 Å². The summed E-state index contributed by atoms with van der Waals surface area (Å²) in [5.74, 6) is 2.85. The quantitative estimate of drug-likeness (QED) is 0.945. The topological polar surface area (TPSA) is 50.2 Å². The Morgan fingerprint density at radius 3 is 2.64 bits per heavy atom. The second kappa shape index (κ2) is 6.87. The molecule has 6 heteroatoms. The van der Waals surface area contributed by atoms with Gasteiger partial charge in [-0.25, -0.2) is 9.78 Å². The first-order chi connectivity index (χ1) is 10.8. The van der Waals surface area contributed by atoms with E-state index in [2.05, 4.69) is 10.3 Å². The minimum absolute atomic E-state index is 0.0165. The Kier molecular flexibility index (Phi) is 4.68. The summed E-state index contributed by atoms with van der Waals surface area (Å²) in [6.45, 7) is 1.61. The highest BCUT2D eigenvalue weighted by Gasteiger charge is 2.24. The summed E-state index contributed by atoms with van der Waals surface area (Å²) in [5.41, 5.74) is 1.04. The van der Waals surface area contributed by atoms with Gasteiger partial charge in [-0.2, -0.15) is 11.8 Å². The molecule has 2 heterocycles. The summed E-state index contributed by atoms with van der Waals surface area (Å²) in [5, 5.41) is 3.14. The van der Waals surface area contributed by atoms with E-state index in [-0.39, 0.29) is 12.1 Å². The molecule has 5 nitrogen and oxygen atoms in total. The van der Waals surface area contributed by atoms with Crippen LogP contribution in [0.1, 0.15) is 17.4 Å². The zero-order valence-electron chi connectivity index (χ0n) is 12.6. The van der Waals surface area contributed by atoms with Gasteiger partial charge in [0, 0.05) is 44.0 Å². The van der Waals surface area contributed by atoms with Crippen LogP contribution in [0, 0.1) is 0 Å². The van der Waals surface area contributed by atoms with Crippen molar-refractivity contribution >= 4 is 17.8 Å². The van der Waals surface area contributed by atoms with Crippen LogP contribution in [0.3, 0.4) is 0 Å². The lowest BCUT2D eigenvalue weighted by Gasteiger charge is -2.29. The lowest BCUT2D eigenvalue weighted by atomic mass is 10.1. The number of nitrogens with one attached hydrogen (secondary N) is 1. The summed E-state index contributed by atoms with van der Waals surface area (Å²) in [4.78, 5) is 18.9. The molecule has 1 aromatic carbocycles. The number of amides is 2. The van der Waals surface area contributed by atoms with Crippen molar-refractivity contribution in [3.8, 4) is 0 Å². The summed E-state index contributed by atoms with van der Waals surface area (Å²) in [6, 6.07) is 9.73. The van der Waals surface area contributed by atoms with Gasteiger partial charge in [0.2, 0.25) is 0 Å². The maximum Gasteiger partial charge on any atom is 0.318 e. The minimum atomic E-state index is -0.233. The molecule has 0 spiro atoms. The van der Waals surface area contributed by atoms with E-state index in [1.54, 1.807) is 6.20 Å². The number of hydrogen-bond acceptors (Lipinski definition) is 3. The third kappa shape index (κ3) is 3.27. The maximum atomic E-state index is 12.6. The van der Waals surface area contributed by atoms with Crippen LogP contribution in [0.25, 0.3) is 0 Å². The lowest BCUT2D eigenvalue weighted by molar-refractivity contribution is 0.200. The zero-order chi connectivity index (χ0) is 15.4. The molecule has 0 bridgehead atoms. The van der Waals surface area contributed by atoms with Crippen LogP contribution in [0.15, 0.2) is 42.7 Å². The number of urea groups is 1. The highest BCUT2D eigenvalue weighted by Crippen LogP contribution is 2.21. The van der Waals surface area contributed by atoms with Crippen molar-refractivity contribution in [3.63, 3.8) is 0 Å². The van der Waals surface area contributed by atoms with Crippen molar-refractivity contribution in [1.82, 2.24) is 19.8 Å². The molecule has 0 aliphatic carbocycles. The van der Waals surface area contributed by atoms with E-state index >= 15 is 0 Å². The van der Waals surface area contributed by atoms with Crippen molar-refractivity contribution < 1.29 is 4.79 Å². The van der Waals surface area contributed by atoms with E-state index in [0.29, 0.717) is 0 Å². The Balaban J connectivity index is 1.83. The largest absolute Gasteiger partial charge is 0.336 e. The first-order valence-corrected chi connectivity index (χ1v) is 8.56. The van der Waals surface area contributed by atoms with Crippen molar-refractivity contribution in [3.05, 3.63) is 54.1 Å². The molecule has 1 saturated heterocycles. The molecule has 1 N–H and O–H groups in total. The van der Waals surface area contributed by atoms with Crippen molar-refractivity contribution in [2.24, 2.45) is 7.05 Å². The molecule has 0 saturated carbocycles. The standard InChI is InChI=1S/C16H20N4OS/c1-19-8-7-17-15(19)14(13-5-3-2-4-6-13)18-16(21)20-9-11-22-12-10-20/h2-8,14H,9-12H2,1H3,(H,18,21). The summed E-state index contributed by atoms with van der Waals surface area (Å²) >= 11 is 1.89. The van der Waals surface area contributed by atoms with Gasteiger partial charge >= 0.3 is 6.03 Å². The average molecular weight is 316 g/mol. The van der Waals surface area contributed by atoms with Crippen LogP contribution in [0.2, 0.25) is 0 Å². The lowest BCUT2D eigenvalue weighted by Crippen LogP contribution is -2.46. The Hall–Kier alpha value is -1.95. The van der Waals surface area contributed by atoms with Crippen molar-refractivity contribution in [2.75, 3.05) is 24.6 Å². The third-order valence-corrected chi connectivity index (χ3v) is 4.76. The zero-order valence-corrected chi connectivity index (χ0v) is 13.4. The van der Waals surface area contributed by atoms with Crippen LogP contribution >= 0.6 is 11.8 Å². The molecule has 1 fully saturated rings. The predicted molar refractivity (Wildman–Crippen MR) is 88.9 cm³/mol. The van der Waals surface area contributed by atoms with Gasteiger partial charge < -0.3 is 14.8 Å². The number of carbonyl (C=O) groups is 1. The average Bonchev–Trinajstić information content (AvgIpc) is 3.00. The van der Waals surface area contributed by atoms with Gasteiger partial charge in [-0.15, -0.1) is 0 Å². The Labute approximate surface area is 134 Å². The number of carbonyl (C=O) groups excluding carboxylic acids is 1. The molecule has 1 unspecified atom stereocenters. The molecular weight excluding hydrogens is 296 g/mol. The predicted octanol–water partition coefficient (Wildman–Crippen LogP) is 2.27. The smallest absolute Gasteiger partial charge is 0.318 e. The molecule has 1 atom stereocenters. The van der Waals surface area contributed by atoms with Crippen LogP contribution < -0.4 is 5.32 Å². The number of imidazole rings is 1. The number of aryl methyl sites for hydroxylation is 1. The number of benzene rings is 1. The number of nitrogens with zero attached hydrogens (tertiary/aromatic N) is 3. The normalized spacial score (nSPS) is 16.3. The third-order valence-electron chi connectivity index (χ3n) is 3.82. The van der Waals surface area contributed by atoms with Crippen molar-refractivity contribution in [1.29, 1.82) is 0 Å². The first kappa shape index (κ1) is 15.0. The monoisotopic (exact) mass is 316 g/mol. The Bertz CT molecular complexity index is 622. The Morgan fingerprint density at radius 2 is 2.00 bits per heavy atom. The van der Waals surface area contributed by atoms with Crippen molar-refractivity contribution in [2.45, 2.75) is 6.04 Å². The highest BCUT2D eigenvalue weighted by molar-refractivity contribution is 7.99.